The van der Waals surface area contributed by atoms with E-state index in [1.165, 1.54) is 6.92 Å². The second-order valence-corrected chi connectivity index (χ2v) is 8.03. The van der Waals surface area contributed by atoms with Crippen LogP contribution in [0.25, 0.3) is 0 Å². The maximum absolute atomic E-state index is 12.7. The summed E-state index contributed by atoms with van der Waals surface area (Å²) >= 11 is 0. The number of nitrogens with one attached hydrogen (secondary N) is 3. The molecule has 0 heterocycles. The molecule has 0 aromatic heterocycles. The predicted octanol–water partition coefficient (Wildman–Crippen LogP) is -2.98. The van der Waals surface area contributed by atoms with Crippen molar-refractivity contribution in [2.45, 2.75) is 76.7 Å². The lowest BCUT2D eigenvalue weighted by Crippen LogP contribution is -2.60. The highest BCUT2D eigenvalue weighted by molar-refractivity contribution is 5.95. The van der Waals surface area contributed by atoms with Gasteiger partial charge in [0.05, 0.1) is 18.6 Å². The molecule has 0 saturated heterocycles. The van der Waals surface area contributed by atoms with E-state index in [1.807, 2.05) is 19.2 Å². The zero-order valence-electron chi connectivity index (χ0n) is 18.7. The second kappa shape index (κ2) is 14.0. The molecule has 0 bridgehead atoms. The monoisotopic (exact) mass is 475 g/mol. The number of primary amides is 1. The van der Waals surface area contributed by atoms with Gasteiger partial charge in [-0.1, -0.05) is 13.8 Å². The molecule has 0 aliphatic rings. The summed E-state index contributed by atoms with van der Waals surface area (Å²) in [7, 11) is 0. The van der Waals surface area contributed by atoms with Gasteiger partial charge in [-0.25, -0.2) is 4.79 Å². The SMILES string of the molecule is CC(C)C[C@H](N)C(=O)N[C@H](C(=O)N[C@@H](CCC(=O)O)C(=O)N[C@@H](CC(N)=O)C(=O)O)[C@@H](C)O. The summed E-state index contributed by atoms with van der Waals surface area (Å²) in [6, 6.07) is -5.75. The van der Waals surface area contributed by atoms with E-state index in [9.17, 15) is 33.9 Å². The van der Waals surface area contributed by atoms with Crippen molar-refractivity contribution in [3.63, 3.8) is 0 Å². The molecule has 0 aliphatic carbocycles. The fourth-order valence-corrected chi connectivity index (χ4v) is 2.75. The fraction of sp³-hybridized carbons (Fsp3) is 0.684. The minimum atomic E-state index is -1.71. The van der Waals surface area contributed by atoms with Crippen molar-refractivity contribution in [3.8, 4) is 0 Å². The average Bonchev–Trinajstić information content (AvgIpc) is 2.66. The number of hydrogen-bond donors (Lipinski definition) is 8. The molecule has 0 fully saturated rings. The summed E-state index contributed by atoms with van der Waals surface area (Å²) in [4.78, 5) is 70.7. The molecule has 4 amide bonds. The van der Waals surface area contributed by atoms with Crippen LogP contribution in [0.2, 0.25) is 0 Å². The molecule has 5 atom stereocenters. The van der Waals surface area contributed by atoms with Crippen molar-refractivity contribution in [2.24, 2.45) is 17.4 Å². The highest BCUT2D eigenvalue weighted by Crippen LogP contribution is 2.06. The van der Waals surface area contributed by atoms with E-state index in [1.54, 1.807) is 0 Å². The first kappa shape index (κ1) is 29.7. The summed E-state index contributed by atoms with van der Waals surface area (Å²) in [5.41, 5.74) is 10.7. The number of carbonyl (C=O) groups is 6. The Morgan fingerprint density at radius 3 is 1.82 bits per heavy atom. The Labute approximate surface area is 190 Å². The van der Waals surface area contributed by atoms with Gasteiger partial charge in [0.25, 0.3) is 0 Å². The maximum Gasteiger partial charge on any atom is 0.326 e. The lowest BCUT2D eigenvalue weighted by Gasteiger charge is -2.26. The van der Waals surface area contributed by atoms with E-state index < -0.39 is 85.1 Å². The first-order valence-corrected chi connectivity index (χ1v) is 10.2. The molecule has 0 aromatic rings. The molecule has 0 saturated carbocycles. The van der Waals surface area contributed by atoms with Crippen LogP contribution in [0.5, 0.6) is 0 Å². The minimum absolute atomic E-state index is 0.0799. The normalized spacial score (nSPS) is 15.5. The number of rotatable bonds is 15. The first-order chi connectivity index (χ1) is 15.1. The van der Waals surface area contributed by atoms with Crippen LogP contribution in [0, 0.1) is 5.92 Å². The lowest BCUT2D eigenvalue weighted by atomic mass is 10.0. The van der Waals surface area contributed by atoms with E-state index in [4.69, 9.17) is 21.7 Å². The van der Waals surface area contributed by atoms with E-state index in [-0.39, 0.29) is 5.92 Å². The largest absolute Gasteiger partial charge is 0.481 e. The van der Waals surface area contributed by atoms with Gasteiger partial charge in [-0.2, -0.15) is 0 Å². The van der Waals surface area contributed by atoms with Gasteiger partial charge >= 0.3 is 11.9 Å². The van der Waals surface area contributed by atoms with Gasteiger partial charge in [0.1, 0.15) is 18.1 Å². The standard InChI is InChI=1S/C19H33N5O9/c1-8(2)6-10(20)16(29)24-15(9(3)25)18(31)22-11(4-5-14(27)28)17(30)23-12(19(32)33)7-13(21)26/h8-12,15,25H,4-7,20H2,1-3H3,(H2,21,26)(H,22,31)(H,23,30)(H,24,29)(H,27,28)(H,32,33)/t9-,10+,11+,12+,15+/m1/s1. The smallest absolute Gasteiger partial charge is 0.326 e. The third kappa shape index (κ3) is 11.8. The zero-order valence-corrected chi connectivity index (χ0v) is 18.7. The van der Waals surface area contributed by atoms with Gasteiger partial charge in [0, 0.05) is 6.42 Å². The van der Waals surface area contributed by atoms with Gasteiger partial charge in [0.15, 0.2) is 0 Å². The fourth-order valence-electron chi connectivity index (χ4n) is 2.75. The van der Waals surface area contributed by atoms with Crippen molar-refractivity contribution in [1.82, 2.24) is 16.0 Å². The predicted molar refractivity (Wildman–Crippen MR) is 113 cm³/mol. The lowest BCUT2D eigenvalue weighted by molar-refractivity contribution is -0.144. The molecule has 0 rings (SSSR count). The van der Waals surface area contributed by atoms with Gasteiger partial charge in [-0.3, -0.25) is 24.0 Å². The van der Waals surface area contributed by atoms with E-state index in [0.717, 1.165) is 0 Å². The molecule has 0 aliphatic heterocycles. The Kier molecular flexibility index (Phi) is 12.6. The van der Waals surface area contributed by atoms with Crippen LogP contribution in [0.3, 0.4) is 0 Å². The number of carbonyl (C=O) groups excluding carboxylic acids is 4. The first-order valence-electron chi connectivity index (χ1n) is 10.2. The van der Waals surface area contributed by atoms with Crippen molar-refractivity contribution in [3.05, 3.63) is 0 Å². The van der Waals surface area contributed by atoms with Gasteiger partial charge in [-0.05, 0) is 25.7 Å². The summed E-state index contributed by atoms with van der Waals surface area (Å²) in [5.74, 6) is -6.64. The van der Waals surface area contributed by atoms with Crippen LogP contribution in [-0.2, 0) is 28.8 Å². The highest BCUT2D eigenvalue weighted by atomic mass is 16.4. The molecule has 33 heavy (non-hydrogen) atoms. The van der Waals surface area contributed by atoms with Crippen LogP contribution >= 0.6 is 0 Å². The number of nitrogens with two attached hydrogens (primary N) is 2. The Hall–Kier alpha value is -3.26. The van der Waals surface area contributed by atoms with Gasteiger partial charge in [-0.15, -0.1) is 0 Å². The number of aliphatic carboxylic acids is 2. The topological polar surface area (TPSA) is 251 Å². The second-order valence-electron chi connectivity index (χ2n) is 8.03. The van der Waals surface area contributed by atoms with Crippen LogP contribution in [-0.4, -0.2) is 81.2 Å². The molecule has 0 aromatic carbocycles. The van der Waals surface area contributed by atoms with Crippen molar-refractivity contribution in [1.29, 1.82) is 0 Å². The van der Waals surface area contributed by atoms with Crippen molar-refractivity contribution in [2.75, 3.05) is 0 Å². The van der Waals surface area contributed by atoms with E-state index in [2.05, 4.69) is 10.6 Å². The molecule has 10 N–H and O–H groups in total. The van der Waals surface area contributed by atoms with Crippen LogP contribution in [0.4, 0.5) is 0 Å². The van der Waals surface area contributed by atoms with Crippen molar-refractivity contribution >= 4 is 35.6 Å². The Morgan fingerprint density at radius 2 is 1.39 bits per heavy atom. The quantitative estimate of drug-likeness (QED) is 0.119. The van der Waals surface area contributed by atoms with Gasteiger partial charge < -0.3 is 42.7 Å². The molecule has 14 nitrogen and oxygen atoms in total. The zero-order chi connectivity index (χ0) is 25.9. The molecule has 0 unspecified atom stereocenters. The number of aliphatic hydroxyl groups excluding tert-OH is 1. The molecule has 0 spiro atoms. The number of carboxylic acids is 2. The molecule has 0 radical (unpaired) electrons. The molecule has 188 valence electrons. The summed E-state index contributed by atoms with van der Waals surface area (Å²) in [6.45, 7) is 4.87. The van der Waals surface area contributed by atoms with Crippen LogP contribution in [0.1, 0.15) is 46.5 Å². The number of amides is 4. The number of hydrogen-bond acceptors (Lipinski definition) is 8. The molecular weight excluding hydrogens is 442 g/mol. The maximum atomic E-state index is 12.7. The summed E-state index contributed by atoms with van der Waals surface area (Å²) in [5, 5.41) is 34.5. The van der Waals surface area contributed by atoms with Crippen LogP contribution < -0.4 is 27.4 Å². The number of aliphatic hydroxyl groups is 1. The Balaban J connectivity index is 5.52. The molecular formula is C19H33N5O9. The Morgan fingerprint density at radius 1 is 0.848 bits per heavy atom. The third-order valence-corrected chi connectivity index (χ3v) is 4.42. The minimum Gasteiger partial charge on any atom is -0.481 e. The van der Waals surface area contributed by atoms with Crippen LogP contribution in [0.15, 0.2) is 0 Å². The third-order valence-electron chi connectivity index (χ3n) is 4.42. The Bertz CT molecular complexity index is 741. The average molecular weight is 475 g/mol. The number of carboxylic acid groups (broad SMARTS) is 2. The van der Waals surface area contributed by atoms with E-state index >= 15 is 0 Å². The molecule has 14 heteroatoms. The highest BCUT2D eigenvalue weighted by Gasteiger charge is 2.33. The summed E-state index contributed by atoms with van der Waals surface area (Å²) in [6.07, 6.45) is -2.86. The van der Waals surface area contributed by atoms with Gasteiger partial charge in [0.2, 0.25) is 23.6 Å². The van der Waals surface area contributed by atoms with E-state index in [0.29, 0.717) is 6.42 Å². The van der Waals surface area contributed by atoms with Crippen molar-refractivity contribution < 1.29 is 44.1 Å². The summed E-state index contributed by atoms with van der Waals surface area (Å²) < 4.78 is 0.